The van der Waals surface area contributed by atoms with Crippen LogP contribution in [0, 0.1) is 40.4 Å². The first-order valence-corrected chi connectivity index (χ1v) is 16.9. The van der Waals surface area contributed by atoms with Crippen LogP contribution in [-0.2, 0) is 16.0 Å². The molecule has 2 aliphatic heterocycles. The number of amides is 2. The minimum Gasteiger partial charge on any atom is -0.497 e. The summed E-state index contributed by atoms with van der Waals surface area (Å²) >= 11 is 1.71. The fraction of sp³-hybridized carbons (Fsp3) is 0.529. The van der Waals surface area contributed by atoms with Crippen LogP contribution < -0.4 is 20.3 Å². The maximum Gasteiger partial charge on any atom is 0.229 e. The Balaban J connectivity index is 1.04. The molecule has 2 aromatic rings. The second kappa shape index (κ2) is 13.6. The highest BCUT2D eigenvalue weighted by molar-refractivity contribution is 8.00. The van der Waals surface area contributed by atoms with E-state index in [4.69, 9.17) is 10.00 Å². The molecule has 2 N–H and O–H groups in total. The SMILES string of the molecule is CCN1C(=O)C2C(Nc3cccc(CCN4CCN(c5ccc(OC)cc5)CC4)c3)CC2SC2C(C#N)C(C(=O)NCC#N)C21. The van der Waals surface area contributed by atoms with Crippen molar-refractivity contribution in [2.24, 2.45) is 17.8 Å². The number of ether oxygens (including phenoxy) is 1. The van der Waals surface area contributed by atoms with Gasteiger partial charge in [0.05, 0.1) is 43.0 Å². The van der Waals surface area contributed by atoms with E-state index in [2.05, 4.69) is 62.9 Å². The molecular weight excluding hydrogens is 586 g/mol. The number of thioether (sulfide) groups is 1. The Morgan fingerprint density at radius 2 is 1.89 bits per heavy atom. The number of nitriles is 2. The van der Waals surface area contributed by atoms with Gasteiger partial charge in [-0.1, -0.05) is 12.1 Å². The molecule has 4 aliphatic rings. The maximum atomic E-state index is 13.9. The van der Waals surface area contributed by atoms with Crippen molar-refractivity contribution in [1.29, 1.82) is 10.5 Å². The number of carbonyl (C=O) groups is 2. The maximum absolute atomic E-state index is 13.9. The van der Waals surface area contributed by atoms with Crippen LogP contribution >= 0.6 is 11.8 Å². The monoisotopic (exact) mass is 627 g/mol. The van der Waals surface area contributed by atoms with E-state index >= 15 is 0 Å². The Morgan fingerprint density at radius 1 is 1.11 bits per heavy atom. The molecule has 2 saturated heterocycles. The smallest absolute Gasteiger partial charge is 0.229 e. The van der Waals surface area contributed by atoms with Crippen molar-refractivity contribution in [3.63, 3.8) is 0 Å². The van der Waals surface area contributed by atoms with Crippen molar-refractivity contribution in [2.45, 2.75) is 42.3 Å². The van der Waals surface area contributed by atoms with E-state index in [1.165, 1.54) is 11.3 Å². The molecule has 2 aliphatic carbocycles. The molecule has 10 nitrogen and oxygen atoms in total. The third-order valence-electron chi connectivity index (χ3n) is 9.97. The first-order valence-electron chi connectivity index (χ1n) is 15.9. The van der Waals surface area contributed by atoms with Gasteiger partial charge in [-0.05, 0) is 61.7 Å². The van der Waals surface area contributed by atoms with E-state index in [0.717, 1.165) is 57.0 Å². The molecule has 236 valence electrons. The summed E-state index contributed by atoms with van der Waals surface area (Å²) in [6.07, 6.45) is 1.80. The van der Waals surface area contributed by atoms with Gasteiger partial charge in [0.2, 0.25) is 11.8 Å². The van der Waals surface area contributed by atoms with Crippen LogP contribution in [0.3, 0.4) is 0 Å². The topological polar surface area (TPSA) is 125 Å². The fourth-order valence-corrected chi connectivity index (χ4v) is 9.49. The summed E-state index contributed by atoms with van der Waals surface area (Å²) in [5.41, 5.74) is 3.53. The van der Waals surface area contributed by atoms with E-state index in [-0.39, 0.29) is 46.9 Å². The summed E-state index contributed by atoms with van der Waals surface area (Å²) in [5.74, 6) is -0.637. The highest BCUT2D eigenvalue weighted by Gasteiger charge is 2.63. The predicted molar refractivity (Wildman–Crippen MR) is 175 cm³/mol. The zero-order valence-corrected chi connectivity index (χ0v) is 26.7. The molecule has 0 radical (unpaired) electrons. The zero-order chi connectivity index (χ0) is 31.5. The summed E-state index contributed by atoms with van der Waals surface area (Å²) in [6.45, 7) is 7.38. The number of rotatable bonds is 10. The van der Waals surface area contributed by atoms with Crippen LogP contribution in [0.4, 0.5) is 11.4 Å². The van der Waals surface area contributed by atoms with Gasteiger partial charge in [0.15, 0.2) is 0 Å². The van der Waals surface area contributed by atoms with E-state index in [1.807, 2.05) is 30.0 Å². The summed E-state index contributed by atoms with van der Waals surface area (Å²) in [7, 11) is 1.69. The van der Waals surface area contributed by atoms with Gasteiger partial charge in [-0.15, -0.1) is 0 Å². The second-order valence-corrected chi connectivity index (χ2v) is 13.7. The van der Waals surface area contributed by atoms with Crippen molar-refractivity contribution in [1.82, 2.24) is 15.1 Å². The number of nitrogens with one attached hydrogen (secondary N) is 2. The minimum absolute atomic E-state index is 0.00855. The molecule has 45 heavy (non-hydrogen) atoms. The highest BCUT2D eigenvalue weighted by atomic mass is 32.2. The third-order valence-corrected chi connectivity index (χ3v) is 11.7. The molecular formula is C34H41N7O3S. The largest absolute Gasteiger partial charge is 0.497 e. The van der Waals surface area contributed by atoms with Crippen LogP contribution in [0.15, 0.2) is 48.5 Å². The molecule has 0 aromatic heterocycles. The third kappa shape index (κ3) is 6.16. The molecule has 2 amide bonds. The molecule has 11 heteroatoms. The zero-order valence-electron chi connectivity index (χ0n) is 25.9. The first-order chi connectivity index (χ1) is 21.9. The van der Waals surface area contributed by atoms with Crippen molar-refractivity contribution in [2.75, 3.05) is 63.1 Å². The number of carbonyl (C=O) groups excluding carboxylic acids is 2. The van der Waals surface area contributed by atoms with E-state index in [1.54, 1.807) is 18.9 Å². The standard InChI is InChI=1S/C34H41N7O3S/c1-3-41-31-29(33(42)37-13-12-35)26(21-36)32(31)45-28-20-27(30(28)34(41)43)38-23-6-4-5-22(19-23)11-14-39-15-17-40(18-16-39)24-7-9-25(44-2)10-8-24/h4-10,19,26-32,38H,3,11,13-18,20H2,1-2H3,(H,37,42). The summed E-state index contributed by atoms with van der Waals surface area (Å²) in [6, 6.07) is 20.8. The lowest BCUT2D eigenvalue weighted by Gasteiger charge is -2.50. The number of piperazine rings is 1. The van der Waals surface area contributed by atoms with Crippen LogP contribution in [0.2, 0.25) is 0 Å². The Bertz CT molecular complexity index is 1470. The van der Waals surface area contributed by atoms with E-state index in [9.17, 15) is 14.9 Å². The summed E-state index contributed by atoms with van der Waals surface area (Å²) in [4.78, 5) is 33.5. The van der Waals surface area contributed by atoms with Gasteiger partial charge in [0, 0.05) is 67.2 Å². The first kappa shape index (κ1) is 31.1. The number of nitrogens with zero attached hydrogens (tertiary/aromatic N) is 5. The number of fused-ring (bicyclic) bond motifs is 2. The molecule has 2 heterocycles. The van der Waals surface area contributed by atoms with E-state index in [0.29, 0.717) is 6.54 Å². The van der Waals surface area contributed by atoms with Gasteiger partial charge in [-0.2, -0.15) is 22.3 Å². The van der Waals surface area contributed by atoms with Crippen molar-refractivity contribution in [3.05, 3.63) is 54.1 Å². The van der Waals surface area contributed by atoms with Gasteiger partial charge < -0.3 is 25.2 Å². The molecule has 6 rings (SSSR count). The Kier molecular flexibility index (Phi) is 9.39. The number of anilines is 2. The quantitative estimate of drug-likeness (QED) is 0.383. The Labute approximate surface area is 269 Å². The lowest BCUT2D eigenvalue weighted by molar-refractivity contribution is -0.147. The minimum atomic E-state index is -0.601. The summed E-state index contributed by atoms with van der Waals surface area (Å²) in [5, 5.41) is 25.1. The molecule has 4 fully saturated rings. The number of hydrogen-bond donors (Lipinski definition) is 2. The van der Waals surface area contributed by atoms with Crippen LogP contribution in [0.5, 0.6) is 5.75 Å². The van der Waals surface area contributed by atoms with Gasteiger partial charge in [-0.25, -0.2) is 0 Å². The average Bonchev–Trinajstić information content (AvgIpc) is 3.12. The normalized spacial score (nSPS) is 29.1. The van der Waals surface area contributed by atoms with Crippen LogP contribution in [0.25, 0.3) is 0 Å². The molecule has 0 spiro atoms. The number of benzene rings is 2. The highest BCUT2D eigenvalue weighted by Crippen LogP contribution is 2.55. The van der Waals surface area contributed by atoms with Gasteiger partial charge in [0.1, 0.15) is 12.3 Å². The molecule has 2 saturated carbocycles. The van der Waals surface area contributed by atoms with Crippen LogP contribution in [-0.4, -0.2) is 97.1 Å². The van der Waals surface area contributed by atoms with Crippen molar-refractivity contribution < 1.29 is 14.3 Å². The lowest BCUT2D eigenvalue weighted by atomic mass is 9.67. The molecule has 7 atom stereocenters. The second-order valence-electron chi connectivity index (χ2n) is 12.3. The average molecular weight is 628 g/mol. The van der Waals surface area contributed by atoms with E-state index < -0.39 is 11.8 Å². The predicted octanol–water partition coefficient (Wildman–Crippen LogP) is 2.97. The molecule has 7 unspecified atom stereocenters. The number of hydrogen-bond acceptors (Lipinski definition) is 9. The van der Waals surface area contributed by atoms with Crippen molar-refractivity contribution in [3.8, 4) is 17.9 Å². The lowest BCUT2D eigenvalue weighted by Crippen LogP contribution is -2.66. The van der Waals surface area contributed by atoms with Crippen LogP contribution in [0.1, 0.15) is 18.9 Å². The summed E-state index contributed by atoms with van der Waals surface area (Å²) < 4.78 is 5.29. The Hall–Kier alpha value is -3.93. The van der Waals surface area contributed by atoms with Gasteiger partial charge >= 0.3 is 0 Å². The fourth-order valence-electron chi connectivity index (χ4n) is 7.42. The Morgan fingerprint density at radius 3 is 2.58 bits per heavy atom. The molecule has 2 aromatic carbocycles. The van der Waals surface area contributed by atoms with Gasteiger partial charge in [-0.3, -0.25) is 14.5 Å². The van der Waals surface area contributed by atoms with Crippen molar-refractivity contribution >= 4 is 35.0 Å². The molecule has 0 bridgehead atoms. The van der Waals surface area contributed by atoms with Gasteiger partial charge in [0.25, 0.3) is 0 Å². The number of methoxy groups -OCH3 is 1.